The summed E-state index contributed by atoms with van der Waals surface area (Å²) < 4.78 is 30.4. The van der Waals surface area contributed by atoms with Gasteiger partial charge in [0.25, 0.3) is 11.7 Å². The van der Waals surface area contributed by atoms with Gasteiger partial charge >= 0.3 is 0 Å². The van der Waals surface area contributed by atoms with Gasteiger partial charge in [0.1, 0.15) is 11.5 Å². The lowest BCUT2D eigenvalue weighted by atomic mass is 10.1. The molecular weight excluding hydrogens is 334 g/mol. The van der Waals surface area contributed by atoms with Crippen molar-refractivity contribution in [3.05, 3.63) is 53.5 Å². The van der Waals surface area contributed by atoms with Crippen molar-refractivity contribution in [1.82, 2.24) is 4.90 Å². The van der Waals surface area contributed by atoms with Gasteiger partial charge in [0.2, 0.25) is 0 Å². The average Bonchev–Trinajstić information content (AvgIpc) is 3.29. The fourth-order valence-corrected chi connectivity index (χ4v) is 3.42. The van der Waals surface area contributed by atoms with Crippen LogP contribution >= 0.6 is 11.8 Å². The van der Waals surface area contributed by atoms with Crippen molar-refractivity contribution in [3.63, 3.8) is 0 Å². The zero-order chi connectivity index (χ0) is 16.7. The topological polar surface area (TPSA) is 45.5 Å². The van der Waals surface area contributed by atoms with Crippen LogP contribution in [0.4, 0.5) is 14.5 Å². The van der Waals surface area contributed by atoms with Crippen LogP contribution in [0.3, 0.4) is 0 Å². The van der Waals surface area contributed by atoms with Gasteiger partial charge in [-0.3, -0.25) is 4.79 Å². The molecule has 7 heteroatoms. The molecule has 1 N–H and O–H groups in total. The Morgan fingerprint density at radius 3 is 2.79 bits per heavy atom. The number of benzene rings is 1. The molecule has 2 aliphatic rings. The molecule has 1 saturated carbocycles. The molecule has 1 aliphatic heterocycles. The largest absolute Gasteiger partial charge is 0.461 e. The first-order valence-electron chi connectivity index (χ1n) is 7.80. The third-order valence-electron chi connectivity index (χ3n) is 4.21. The molecule has 2 aromatic rings. The van der Waals surface area contributed by atoms with E-state index in [4.69, 9.17) is 4.42 Å². The van der Waals surface area contributed by atoms with Gasteiger partial charge < -0.3 is 14.6 Å². The highest BCUT2D eigenvalue weighted by Gasteiger charge is 2.43. The van der Waals surface area contributed by atoms with Crippen molar-refractivity contribution in [2.24, 2.45) is 0 Å². The Kier molecular flexibility index (Phi) is 3.96. The highest BCUT2D eigenvalue weighted by molar-refractivity contribution is 7.98. The number of nitrogens with one attached hydrogen (secondary N) is 1. The zero-order valence-electron chi connectivity index (χ0n) is 12.7. The first kappa shape index (κ1) is 15.5. The molecule has 1 aromatic heterocycles. The quantitative estimate of drug-likeness (QED) is 0.864. The Hall–Kier alpha value is -2.02. The minimum Gasteiger partial charge on any atom is -0.461 e. The van der Waals surface area contributed by atoms with Crippen molar-refractivity contribution in [2.45, 2.75) is 36.6 Å². The first-order valence-corrected chi connectivity index (χ1v) is 8.85. The Balaban J connectivity index is 1.63. The molecule has 1 fully saturated rings. The zero-order valence-corrected chi connectivity index (χ0v) is 13.6. The highest BCUT2D eigenvalue weighted by atomic mass is 32.2. The molecule has 0 bridgehead atoms. The van der Waals surface area contributed by atoms with Gasteiger partial charge in [-0.1, -0.05) is 23.9 Å². The highest BCUT2D eigenvalue weighted by Crippen LogP contribution is 2.41. The van der Waals surface area contributed by atoms with Crippen LogP contribution in [-0.2, 0) is 5.75 Å². The summed E-state index contributed by atoms with van der Waals surface area (Å²) in [5.41, 5.74) is 1.42. The summed E-state index contributed by atoms with van der Waals surface area (Å²) in [6, 6.07) is 11.0. The molecule has 1 aliphatic carbocycles. The maximum absolute atomic E-state index is 12.8. The summed E-state index contributed by atoms with van der Waals surface area (Å²) in [6.07, 6.45) is 1.55. The first-order chi connectivity index (χ1) is 11.6. The Morgan fingerprint density at radius 1 is 1.25 bits per heavy atom. The summed E-state index contributed by atoms with van der Waals surface area (Å²) in [5, 5.41) is 3.35. The standard InChI is InChI=1S/C17H16F2N2O2S/c18-17(19)24-9-11-7-8-14(23-11)15-20-13-4-2-1-3-12(13)16(22)21(15)10-5-6-10/h1-4,7-8,10,15,17,20H,5-6,9H2/t15-/m1/s1. The molecule has 2 heterocycles. The lowest BCUT2D eigenvalue weighted by Crippen LogP contribution is -2.44. The number of carbonyl (C=O) groups excluding carboxylic acids is 1. The van der Waals surface area contributed by atoms with Crippen molar-refractivity contribution in [2.75, 3.05) is 5.32 Å². The maximum Gasteiger partial charge on any atom is 0.284 e. The summed E-state index contributed by atoms with van der Waals surface area (Å²) in [4.78, 5) is 14.7. The fourth-order valence-electron chi connectivity index (χ4n) is 2.97. The summed E-state index contributed by atoms with van der Waals surface area (Å²) in [5.74, 6) is -1.27. The number of para-hydroxylation sites is 1. The molecule has 0 saturated heterocycles. The number of thioether (sulfide) groups is 1. The van der Waals surface area contributed by atoms with E-state index in [2.05, 4.69) is 5.32 Å². The van der Waals surface area contributed by atoms with E-state index in [0.29, 0.717) is 28.8 Å². The Labute approximate surface area is 142 Å². The number of fused-ring (bicyclic) bond motifs is 1. The van der Waals surface area contributed by atoms with Gasteiger partial charge in [-0.15, -0.1) is 0 Å². The number of amides is 1. The van der Waals surface area contributed by atoms with Crippen molar-refractivity contribution < 1.29 is 18.0 Å². The normalized spacial score (nSPS) is 20.2. The van der Waals surface area contributed by atoms with Crippen LogP contribution in [0.2, 0.25) is 0 Å². The minimum atomic E-state index is -2.43. The molecule has 1 atom stereocenters. The fraction of sp³-hybridized carbons (Fsp3) is 0.353. The number of nitrogens with zero attached hydrogens (tertiary/aromatic N) is 1. The van der Waals surface area contributed by atoms with E-state index in [-0.39, 0.29) is 17.7 Å². The van der Waals surface area contributed by atoms with E-state index in [1.165, 1.54) is 0 Å². The number of hydrogen-bond acceptors (Lipinski definition) is 4. The number of furan rings is 1. The molecule has 1 aromatic carbocycles. The predicted octanol–water partition coefficient (Wildman–Crippen LogP) is 4.46. The summed E-state index contributed by atoms with van der Waals surface area (Å²) in [6.45, 7) is 0. The Bertz CT molecular complexity index is 761. The van der Waals surface area contributed by atoms with E-state index < -0.39 is 11.9 Å². The SMILES string of the molecule is O=C1c2ccccc2N[C@@H](c2ccc(CSC(F)F)o2)N1C1CC1. The summed E-state index contributed by atoms with van der Waals surface area (Å²) in [7, 11) is 0. The van der Waals surface area contributed by atoms with Crippen molar-refractivity contribution >= 4 is 23.4 Å². The van der Waals surface area contributed by atoms with Crippen LogP contribution in [0.1, 0.15) is 40.9 Å². The van der Waals surface area contributed by atoms with E-state index >= 15 is 0 Å². The van der Waals surface area contributed by atoms with Crippen LogP contribution in [0.25, 0.3) is 0 Å². The van der Waals surface area contributed by atoms with E-state index in [1.807, 2.05) is 29.2 Å². The molecule has 24 heavy (non-hydrogen) atoms. The third kappa shape index (κ3) is 2.88. The van der Waals surface area contributed by atoms with E-state index in [9.17, 15) is 13.6 Å². The average molecular weight is 350 g/mol. The van der Waals surface area contributed by atoms with E-state index in [1.54, 1.807) is 12.1 Å². The molecule has 4 nitrogen and oxygen atoms in total. The molecule has 126 valence electrons. The predicted molar refractivity (Wildman–Crippen MR) is 88.0 cm³/mol. The molecular formula is C17H16F2N2O2S. The van der Waals surface area contributed by atoms with Gasteiger partial charge in [-0.05, 0) is 37.1 Å². The van der Waals surface area contributed by atoms with E-state index in [0.717, 1.165) is 18.5 Å². The van der Waals surface area contributed by atoms with Gasteiger partial charge in [0, 0.05) is 11.7 Å². The monoisotopic (exact) mass is 350 g/mol. The lowest BCUT2D eigenvalue weighted by Gasteiger charge is -2.37. The van der Waals surface area contributed by atoms with Crippen LogP contribution in [0, 0.1) is 0 Å². The minimum absolute atomic E-state index is 0.0169. The van der Waals surface area contributed by atoms with Crippen molar-refractivity contribution in [1.29, 1.82) is 0 Å². The Morgan fingerprint density at radius 2 is 2.04 bits per heavy atom. The lowest BCUT2D eigenvalue weighted by molar-refractivity contribution is 0.0644. The number of hydrogen-bond donors (Lipinski definition) is 1. The van der Waals surface area contributed by atoms with Crippen molar-refractivity contribution in [3.8, 4) is 0 Å². The van der Waals surface area contributed by atoms with Crippen LogP contribution in [-0.4, -0.2) is 22.6 Å². The summed E-state index contributed by atoms with van der Waals surface area (Å²) >= 11 is 0.525. The van der Waals surface area contributed by atoms with Gasteiger partial charge in [-0.25, -0.2) is 0 Å². The van der Waals surface area contributed by atoms with Crippen LogP contribution in [0.15, 0.2) is 40.8 Å². The third-order valence-corrected chi connectivity index (χ3v) is 4.91. The second-order valence-electron chi connectivity index (χ2n) is 5.91. The van der Waals surface area contributed by atoms with Crippen LogP contribution in [0.5, 0.6) is 0 Å². The number of anilines is 1. The number of rotatable bonds is 5. The molecule has 1 amide bonds. The molecule has 0 unspecified atom stereocenters. The second kappa shape index (κ2) is 6.12. The van der Waals surface area contributed by atoms with Gasteiger partial charge in [0.15, 0.2) is 6.17 Å². The number of carbonyl (C=O) groups is 1. The molecule has 0 radical (unpaired) electrons. The smallest absolute Gasteiger partial charge is 0.284 e. The maximum atomic E-state index is 12.8. The van der Waals surface area contributed by atoms with Gasteiger partial charge in [0.05, 0.1) is 11.3 Å². The van der Waals surface area contributed by atoms with Crippen LogP contribution < -0.4 is 5.32 Å². The number of halogens is 2. The van der Waals surface area contributed by atoms with Gasteiger partial charge in [-0.2, -0.15) is 8.78 Å². The molecule has 0 spiro atoms. The second-order valence-corrected chi connectivity index (χ2v) is 6.89. The molecule has 4 rings (SSSR count). The number of alkyl halides is 2.